The molecule has 0 aromatic heterocycles. The third-order valence-corrected chi connectivity index (χ3v) is 5.53. The lowest BCUT2D eigenvalue weighted by Crippen LogP contribution is -2.15. The highest BCUT2D eigenvalue weighted by atomic mass is 35.5. The number of benzene rings is 2. The van der Waals surface area contributed by atoms with Gasteiger partial charge in [0.05, 0.1) is 16.0 Å². The zero-order valence-electron chi connectivity index (χ0n) is 10.6. The van der Waals surface area contributed by atoms with E-state index < -0.39 is 0 Å². The second-order valence-corrected chi connectivity index (χ2v) is 6.60. The minimum Gasteiger partial charge on any atom is -0.299 e. The fourth-order valence-corrected chi connectivity index (χ4v) is 4.08. The number of Topliss-reactive ketones (excluding diaryl/α,β-unsaturated/α-hetero) is 1. The van der Waals surface area contributed by atoms with Gasteiger partial charge in [0, 0.05) is 17.1 Å². The highest BCUT2D eigenvalue weighted by Crippen LogP contribution is 2.40. The molecule has 1 atom stereocenters. The average Bonchev–Trinajstić information content (AvgIpc) is 2.88. The largest absolute Gasteiger partial charge is 0.299 e. The van der Waals surface area contributed by atoms with Crippen molar-refractivity contribution in [2.24, 2.45) is 0 Å². The van der Waals surface area contributed by atoms with Gasteiger partial charge in [0.25, 0.3) is 0 Å². The van der Waals surface area contributed by atoms with Crippen molar-refractivity contribution >= 4 is 40.7 Å². The van der Waals surface area contributed by atoms with Gasteiger partial charge in [-0.2, -0.15) is 0 Å². The Hall–Kier alpha value is -0.960. The van der Waals surface area contributed by atoms with E-state index in [1.165, 1.54) is 4.90 Å². The lowest BCUT2D eigenvalue weighted by Gasteiger charge is -2.11. The lowest BCUT2D eigenvalue weighted by molar-refractivity contribution is -0.119. The van der Waals surface area contributed by atoms with Crippen molar-refractivity contribution in [3.05, 3.63) is 63.6 Å². The quantitative estimate of drug-likeness (QED) is 0.791. The van der Waals surface area contributed by atoms with Crippen LogP contribution in [0.25, 0.3) is 0 Å². The number of hydrogen-bond acceptors (Lipinski definition) is 2. The number of rotatable bonds is 3. The molecule has 0 radical (unpaired) electrons. The van der Waals surface area contributed by atoms with Crippen molar-refractivity contribution in [1.29, 1.82) is 0 Å². The number of fused-ring (bicyclic) bond motifs is 1. The summed E-state index contributed by atoms with van der Waals surface area (Å²) >= 11 is 13.9. The maximum absolute atomic E-state index is 12.5. The SMILES string of the molecule is O=C(Cc1cccc(Cl)c1Cl)C1CSc2ccccc21. The van der Waals surface area contributed by atoms with E-state index in [4.69, 9.17) is 23.2 Å². The maximum Gasteiger partial charge on any atom is 0.145 e. The van der Waals surface area contributed by atoms with Crippen molar-refractivity contribution in [2.75, 3.05) is 5.75 Å². The second-order valence-electron chi connectivity index (χ2n) is 4.76. The Morgan fingerprint density at radius 3 is 2.80 bits per heavy atom. The van der Waals surface area contributed by atoms with Crippen LogP contribution >= 0.6 is 35.0 Å². The molecule has 3 rings (SSSR count). The van der Waals surface area contributed by atoms with Crippen molar-refractivity contribution in [1.82, 2.24) is 0 Å². The Morgan fingerprint density at radius 1 is 1.15 bits per heavy atom. The van der Waals surface area contributed by atoms with E-state index in [1.807, 2.05) is 30.3 Å². The molecule has 0 spiro atoms. The van der Waals surface area contributed by atoms with Gasteiger partial charge in [-0.25, -0.2) is 0 Å². The van der Waals surface area contributed by atoms with E-state index in [2.05, 4.69) is 6.07 Å². The first kappa shape index (κ1) is 14.0. The van der Waals surface area contributed by atoms with Gasteiger partial charge in [0.15, 0.2) is 0 Å². The van der Waals surface area contributed by atoms with E-state index in [0.717, 1.165) is 16.9 Å². The summed E-state index contributed by atoms with van der Waals surface area (Å²) in [6, 6.07) is 13.5. The highest BCUT2D eigenvalue weighted by Gasteiger charge is 2.29. The summed E-state index contributed by atoms with van der Waals surface area (Å²) in [5.41, 5.74) is 1.94. The minimum absolute atomic E-state index is 0.0359. The van der Waals surface area contributed by atoms with Crippen molar-refractivity contribution in [3.63, 3.8) is 0 Å². The van der Waals surface area contributed by atoms with Crippen LogP contribution in [0.1, 0.15) is 17.0 Å². The summed E-state index contributed by atoms with van der Waals surface area (Å²) in [6.45, 7) is 0. The second kappa shape index (κ2) is 5.80. The molecule has 4 heteroatoms. The fourth-order valence-electron chi connectivity index (χ4n) is 2.43. The molecule has 0 N–H and O–H groups in total. The number of ketones is 1. The zero-order valence-corrected chi connectivity index (χ0v) is 12.9. The number of carbonyl (C=O) groups is 1. The smallest absolute Gasteiger partial charge is 0.145 e. The molecule has 20 heavy (non-hydrogen) atoms. The van der Waals surface area contributed by atoms with Crippen molar-refractivity contribution in [3.8, 4) is 0 Å². The first-order valence-corrected chi connectivity index (χ1v) is 8.08. The molecule has 1 unspecified atom stereocenters. The third-order valence-electron chi connectivity index (χ3n) is 3.48. The number of carbonyl (C=O) groups excluding carboxylic acids is 1. The Labute approximate surface area is 132 Å². The minimum atomic E-state index is -0.0359. The van der Waals surface area contributed by atoms with Crippen molar-refractivity contribution in [2.45, 2.75) is 17.2 Å². The maximum atomic E-state index is 12.5. The van der Waals surface area contributed by atoms with E-state index in [0.29, 0.717) is 16.5 Å². The molecule has 0 saturated carbocycles. The summed E-state index contributed by atoms with van der Waals surface area (Å²) < 4.78 is 0. The third kappa shape index (κ3) is 2.60. The van der Waals surface area contributed by atoms with Gasteiger partial charge in [-0.1, -0.05) is 53.5 Å². The molecule has 102 valence electrons. The standard InChI is InChI=1S/C16H12Cl2OS/c17-13-6-3-4-10(16(13)18)8-14(19)12-9-20-15-7-2-1-5-11(12)15/h1-7,12H,8-9H2. The number of hydrogen-bond donors (Lipinski definition) is 0. The molecule has 1 nitrogen and oxygen atoms in total. The molecular formula is C16H12Cl2OS. The van der Waals surface area contributed by atoms with Crippen LogP contribution in [-0.2, 0) is 11.2 Å². The van der Waals surface area contributed by atoms with Crippen LogP contribution in [0.15, 0.2) is 47.4 Å². The molecule has 2 aromatic rings. The Kier molecular flexibility index (Phi) is 4.06. The van der Waals surface area contributed by atoms with E-state index in [1.54, 1.807) is 17.8 Å². The summed E-state index contributed by atoms with van der Waals surface area (Å²) in [6.07, 6.45) is 0.332. The Balaban J connectivity index is 1.83. The summed E-state index contributed by atoms with van der Waals surface area (Å²) in [4.78, 5) is 13.7. The Bertz CT molecular complexity index is 669. The van der Waals surface area contributed by atoms with Crippen LogP contribution in [-0.4, -0.2) is 11.5 Å². The summed E-state index contributed by atoms with van der Waals surface area (Å²) in [5, 5.41) is 0.986. The topological polar surface area (TPSA) is 17.1 Å². The molecule has 2 aromatic carbocycles. The van der Waals surface area contributed by atoms with Gasteiger partial charge < -0.3 is 0 Å². The normalized spacial score (nSPS) is 17.0. The average molecular weight is 323 g/mol. The van der Waals surface area contributed by atoms with Gasteiger partial charge in [-0.3, -0.25) is 4.79 Å². The first-order valence-electron chi connectivity index (χ1n) is 6.34. The van der Waals surface area contributed by atoms with Crippen LogP contribution in [0.2, 0.25) is 10.0 Å². The van der Waals surface area contributed by atoms with Gasteiger partial charge in [0.2, 0.25) is 0 Å². The van der Waals surface area contributed by atoms with Gasteiger partial charge in [0.1, 0.15) is 5.78 Å². The van der Waals surface area contributed by atoms with Gasteiger partial charge in [-0.15, -0.1) is 11.8 Å². The molecule has 0 fully saturated rings. The lowest BCUT2D eigenvalue weighted by atomic mass is 9.93. The molecule has 1 heterocycles. The van der Waals surface area contributed by atoms with Crippen LogP contribution in [0, 0.1) is 0 Å². The number of thioether (sulfide) groups is 1. The molecule has 0 aliphatic carbocycles. The summed E-state index contributed by atoms with van der Waals surface area (Å²) in [7, 11) is 0. The van der Waals surface area contributed by atoms with E-state index in [9.17, 15) is 4.79 Å². The number of halogens is 2. The molecule has 1 aliphatic heterocycles. The van der Waals surface area contributed by atoms with Crippen LogP contribution < -0.4 is 0 Å². The molecule has 0 amide bonds. The van der Waals surface area contributed by atoms with Crippen LogP contribution in [0.5, 0.6) is 0 Å². The van der Waals surface area contributed by atoms with Crippen LogP contribution in [0.4, 0.5) is 0 Å². The first-order chi connectivity index (χ1) is 9.66. The molecule has 0 saturated heterocycles. The predicted molar refractivity (Wildman–Crippen MR) is 85.1 cm³/mol. The zero-order chi connectivity index (χ0) is 14.1. The molecule has 0 bridgehead atoms. The van der Waals surface area contributed by atoms with Gasteiger partial charge in [-0.05, 0) is 23.3 Å². The van der Waals surface area contributed by atoms with Gasteiger partial charge >= 0.3 is 0 Å². The highest BCUT2D eigenvalue weighted by molar-refractivity contribution is 7.99. The van der Waals surface area contributed by atoms with Crippen molar-refractivity contribution < 1.29 is 4.79 Å². The van der Waals surface area contributed by atoms with E-state index >= 15 is 0 Å². The van der Waals surface area contributed by atoms with Crippen LogP contribution in [0.3, 0.4) is 0 Å². The fraction of sp³-hybridized carbons (Fsp3) is 0.188. The Morgan fingerprint density at radius 2 is 1.95 bits per heavy atom. The molecule has 1 aliphatic rings. The predicted octanol–water partition coefficient (Wildman–Crippen LogP) is 4.99. The van der Waals surface area contributed by atoms with E-state index in [-0.39, 0.29) is 11.7 Å². The summed E-state index contributed by atoms with van der Waals surface area (Å²) in [5.74, 6) is 0.981. The monoisotopic (exact) mass is 322 g/mol. The molecular weight excluding hydrogens is 311 g/mol.